The van der Waals surface area contributed by atoms with Crippen molar-refractivity contribution in [2.24, 2.45) is 5.41 Å². The summed E-state index contributed by atoms with van der Waals surface area (Å²) >= 11 is 9.49. The van der Waals surface area contributed by atoms with E-state index in [1.165, 1.54) is 6.07 Å². The van der Waals surface area contributed by atoms with E-state index in [9.17, 15) is 8.78 Å². The fourth-order valence-electron chi connectivity index (χ4n) is 3.32. The zero-order valence-electron chi connectivity index (χ0n) is 10.3. The van der Waals surface area contributed by atoms with Crippen molar-refractivity contribution in [1.29, 1.82) is 0 Å². The highest BCUT2D eigenvalue weighted by Crippen LogP contribution is 2.57. The first-order valence-electron chi connectivity index (χ1n) is 6.48. The van der Waals surface area contributed by atoms with E-state index >= 15 is 0 Å². The van der Waals surface area contributed by atoms with Crippen LogP contribution in [0.4, 0.5) is 8.78 Å². The number of benzene rings is 1. The Balaban J connectivity index is 1.83. The predicted molar refractivity (Wildman–Crippen MR) is 73.6 cm³/mol. The van der Waals surface area contributed by atoms with Gasteiger partial charge in [0.2, 0.25) is 0 Å². The molecule has 1 aromatic rings. The Morgan fingerprint density at radius 2 is 1.95 bits per heavy atom. The molecule has 1 nitrogen and oxygen atoms in total. The molecule has 2 unspecified atom stereocenters. The smallest absolute Gasteiger partial charge is 0.169 e. The first-order valence-corrected chi connectivity index (χ1v) is 7.71. The Morgan fingerprint density at radius 1 is 1.26 bits per heavy atom. The molecule has 1 aromatic carbocycles. The summed E-state index contributed by atoms with van der Waals surface area (Å²) in [7, 11) is 0. The Hall–Kier alpha value is -0.350. The summed E-state index contributed by atoms with van der Waals surface area (Å²) in [5.74, 6) is -1.18. The van der Waals surface area contributed by atoms with Crippen molar-refractivity contribution in [2.75, 3.05) is 0 Å². The molecule has 0 heterocycles. The van der Waals surface area contributed by atoms with Gasteiger partial charge in [-0.1, -0.05) is 12.8 Å². The van der Waals surface area contributed by atoms with Crippen molar-refractivity contribution in [3.05, 3.63) is 28.2 Å². The standard InChI is InChI=1S/C14H14BrClF2O/c15-9-5-8(17)6-10(18)13(9)19-12-7-11(16)14(12)3-1-2-4-14/h5-6,11-12H,1-4,7H2. The van der Waals surface area contributed by atoms with Crippen LogP contribution in [-0.4, -0.2) is 11.5 Å². The molecule has 0 aromatic heterocycles. The Labute approximate surface area is 124 Å². The molecule has 3 rings (SSSR count). The van der Waals surface area contributed by atoms with Gasteiger partial charge in [-0.15, -0.1) is 11.6 Å². The van der Waals surface area contributed by atoms with E-state index in [4.69, 9.17) is 16.3 Å². The van der Waals surface area contributed by atoms with Crippen molar-refractivity contribution in [3.8, 4) is 5.75 Å². The highest BCUT2D eigenvalue weighted by molar-refractivity contribution is 9.10. The van der Waals surface area contributed by atoms with Crippen LogP contribution in [0, 0.1) is 17.0 Å². The van der Waals surface area contributed by atoms with E-state index in [2.05, 4.69) is 15.9 Å². The monoisotopic (exact) mass is 350 g/mol. The average molecular weight is 352 g/mol. The van der Waals surface area contributed by atoms with Crippen LogP contribution in [0.2, 0.25) is 0 Å². The lowest BCUT2D eigenvalue weighted by atomic mass is 9.64. The van der Waals surface area contributed by atoms with E-state index < -0.39 is 11.6 Å². The van der Waals surface area contributed by atoms with Crippen molar-refractivity contribution in [1.82, 2.24) is 0 Å². The van der Waals surface area contributed by atoms with Crippen LogP contribution >= 0.6 is 27.5 Å². The van der Waals surface area contributed by atoms with Gasteiger partial charge < -0.3 is 4.74 Å². The van der Waals surface area contributed by atoms with E-state index in [-0.39, 0.29) is 22.6 Å². The van der Waals surface area contributed by atoms with Gasteiger partial charge in [-0.25, -0.2) is 8.78 Å². The highest BCUT2D eigenvalue weighted by Gasteiger charge is 2.57. The van der Waals surface area contributed by atoms with Gasteiger partial charge in [0.15, 0.2) is 11.6 Å². The molecule has 1 spiro atoms. The van der Waals surface area contributed by atoms with Crippen LogP contribution < -0.4 is 4.74 Å². The molecule has 2 fully saturated rings. The first-order chi connectivity index (χ1) is 9.03. The number of alkyl halides is 1. The zero-order chi connectivity index (χ0) is 13.6. The molecule has 104 valence electrons. The van der Waals surface area contributed by atoms with Crippen LogP contribution in [0.1, 0.15) is 32.1 Å². The molecule has 2 atom stereocenters. The quantitative estimate of drug-likeness (QED) is 0.678. The topological polar surface area (TPSA) is 9.23 Å². The second-order valence-corrected chi connectivity index (χ2v) is 6.83. The summed E-state index contributed by atoms with van der Waals surface area (Å²) in [5.41, 5.74) is -0.0121. The van der Waals surface area contributed by atoms with Crippen molar-refractivity contribution < 1.29 is 13.5 Å². The van der Waals surface area contributed by atoms with E-state index in [0.29, 0.717) is 4.47 Å². The largest absolute Gasteiger partial charge is 0.485 e. The van der Waals surface area contributed by atoms with Gasteiger partial charge in [-0.3, -0.25) is 0 Å². The molecule has 0 bridgehead atoms. The first kappa shape index (κ1) is 13.6. The molecule has 0 radical (unpaired) electrons. The number of hydrogen-bond acceptors (Lipinski definition) is 1. The lowest BCUT2D eigenvalue weighted by molar-refractivity contribution is -0.0380. The summed E-state index contributed by atoms with van der Waals surface area (Å²) in [4.78, 5) is 0. The van der Waals surface area contributed by atoms with E-state index in [0.717, 1.165) is 38.2 Å². The summed E-state index contributed by atoms with van der Waals surface area (Å²) in [6, 6.07) is 2.06. The number of halogens is 4. The Morgan fingerprint density at radius 3 is 2.53 bits per heavy atom. The SMILES string of the molecule is Fc1cc(F)c(OC2CC(Cl)C23CCCC3)c(Br)c1. The summed E-state index contributed by atoms with van der Waals surface area (Å²) in [6.07, 6.45) is 5.03. The molecule has 0 N–H and O–H groups in total. The average Bonchev–Trinajstić information content (AvgIpc) is 2.84. The molecule has 19 heavy (non-hydrogen) atoms. The van der Waals surface area contributed by atoms with Crippen LogP contribution in [-0.2, 0) is 0 Å². The van der Waals surface area contributed by atoms with Crippen LogP contribution in [0.5, 0.6) is 5.75 Å². The Kier molecular flexibility index (Phi) is 3.50. The fraction of sp³-hybridized carbons (Fsp3) is 0.571. The van der Waals surface area contributed by atoms with Gasteiger partial charge >= 0.3 is 0 Å². The van der Waals surface area contributed by atoms with Crippen molar-refractivity contribution >= 4 is 27.5 Å². The van der Waals surface area contributed by atoms with Crippen LogP contribution in [0.25, 0.3) is 0 Å². The molecule has 2 saturated carbocycles. The minimum absolute atomic E-state index is 0.0121. The summed E-state index contributed by atoms with van der Waals surface area (Å²) < 4.78 is 32.9. The lowest BCUT2D eigenvalue weighted by Gasteiger charge is -2.51. The van der Waals surface area contributed by atoms with Gasteiger partial charge in [0, 0.05) is 23.3 Å². The lowest BCUT2D eigenvalue weighted by Crippen LogP contribution is -2.55. The number of hydrogen-bond donors (Lipinski definition) is 0. The number of ether oxygens (including phenoxy) is 1. The fourth-order valence-corrected chi connectivity index (χ4v) is 4.34. The van der Waals surface area contributed by atoms with Crippen molar-refractivity contribution in [3.63, 3.8) is 0 Å². The molecule has 0 aliphatic heterocycles. The van der Waals surface area contributed by atoms with Crippen molar-refractivity contribution in [2.45, 2.75) is 43.6 Å². The zero-order valence-corrected chi connectivity index (χ0v) is 12.6. The molecule has 0 saturated heterocycles. The van der Waals surface area contributed by atoms with E-state index in [1.54, 1.807) is 0 Å². The van der Waals surface area contributed by atoms with Crippen LogP contribution in [0.3, 0.4) is 0 Å². The maximum Gasteiger partial charge on any atom is 0.169 e. The molecular formula is C14H14BrClF2O. The third-order valence-corrected chi connectivity index (χ3v) is 5.65. The minimum atomic E-state index is -0.668. The Bertz CT molecular complexity index is 479. The second-order valence-electron chi connectivity index (χ2n) is 5.45. The van der Waals surface area contributed by atoms with Crippen LogP contribution in [0.15, 0.2) is 16.6 Å². The summed E-state index contributed by atoms with van der Waals surface area (Å²) in [6.45, 7) is 0. The molecule has 2 aliphatic carbocycles. The minimum Gasteiger partial charge on any atom is -0.485 e. The van der Waals surface area contributed by atoms with Gasteiger partial charge in [0.25, 0.3) is 0 Å². The molecular weight excluding hydrogens is 338 g/mol. The third kappa shape index (κ3) is 2.17. The van der Waals surface area contributed by atoms with Gasteiger partial charge in [-0.2, -0.15) is 0 Å². The van der Waals surface area contributed by atoms with Gasteiger partial charge in [-0.05, 0) is 34.8 Å². The third-order valence-electron chi connectivity index (χ3n) is 4.44. The molecule has 5 heteroatoms. The van der Waals surface area contributed by atoms with E-state index in [1.807, 2.05) is 0 Å². The predicted octanol–water partition coefficient (Wildman–Crippen LogP) is 5.05. The normalized spacial score (nSPS) is 28.4. The maximum absolute atomic E-state index is 13.8. The maximum atomic E-state index is 13.8. The van der Waals surface area contributed by atoms with Gasteiger partial charge in [0.1, 0.15) is 11.9 Å². The van der Waals surface area contributed by atoms with Gasteiger partial charge in [0.05, 0.1) is 4.47 Å². The molecule has 0 amide bonds. The highest BCUT2D eigenvalue weighted by atomic mass is 79.9. The second kappa shape index (κ2) is 4.88. The summed E-state index contributed by atoms with van der Waals surface area (Å²) in [5, 5.41) is 0.113. The number of rotatable bonds is 2. The molecule has 2 aliphatic rings.